The zero-order valence-corrected chi connectivity index (χ0v) is 11.7. The molecule has 0 aliphatic carbocycles. The second kappa shape index (κ2) is 4.42. The van der Waals surface area contributed by atoms with E-state index in [9.17, 15) is 5.11 Å². The Morgan fingerprint density at radius 3 is 2.48 bits per heavy atom. The van der Waals surface area contributed by atoms with Crippen LogP contribution in [0.25, 0.3) is 0 Å². The smallest absolute Gasteiger partial charge is 0.208 e. The number of aryl methyl sites for hydroxylation is 1. The van der Waals surface area contributed by atoms with E-state index in [-0.39, 0.29) is 5.75 Å². The fourth-order valence-corrected chi connectivity index (χ4v) is 2.96. The van der Waals surface area contributed by atoms with Crippen molar-refractivity contribution in [3.05, 3.63) is 71.5 Å². The minimum Gasteiger partial charge on any atom is -0.506 e. The van der Waals surface area contributed by atoms with Gasteiger partial charge >= 0.3 is 0 Å². The molecule has 0 atom stereocenters. The van der Waals surface area contributed by atoms with Gasteiger partial charge in [0.2, 0.25) is 5.88 Å². The summed E-state index contributed by atoms with van der Waals surface area (Å²) in [5.74, 6) is 1.93. The SMILES string of the molecule is Cc1cc2c(o1)N(c1ccccc1O)c1ccccc1C2. The monoisotopic (exact) mass is 277 g/mol. The van der Waals surface area contributed by atoms with Crippen molar-refractivity contribution in [3.63, 3.8) is 0 Å². The number of aromatic hydroxyl groups is 1. The molecule has 0 unspecified atom stereocenters. The van der Waals surface area contributed by atoms with E-state index >= 15 is 0 Å². The molecular formula is C18H15NO2. The average molecular weight is 277 g/mol. The van der Waals surface area contributed by atoms with Crippen LogP contribution in [0, 0.1) is 6.92 Å². The van der Waals surface area contributed by atoms with Crippen LogP contribution in [0.4, 0.5) is 17.3 Å². The molecule has 21 heavy (non-hydrogen) atoms. The van der Waals surface area contributed by atoms with Gasteiger partial charge in [-0.15, -0.1) is 0 Å². The van der Waals surface area contributed by atoms with Crippen LogP contribution < -0.4 is 4.90 Å². The number of phenols is 1. The van der Waals surface area contributed by atoms with Crippen molar-refractivity contribution in [1.82, 2.24) is 0 Å². The molecule has 1 aromatic heterocycles. The third-order valence-corrected chi connectivity index (χ3v) is 3.85. The summed E-state index contributed by atoms with van der Waals surface area (Å²) in [5.41, 5.74) is 4.17. The van der Waals surface area contributed by atoms with Crippen LogP contribution >= 0.6 is 0 Å². The predicted octanol–water partition coefficient (Wildman–Crippen LogP) is 4.67. The van der Waals surface area contributed by atoms with Gasteiger partial charge < -0.3 is 9.52 Å². The molecule has 0 saturated carbocycles. The molecule has 2 heterocycles. The van der Waals surface area contributed by atoms with E-state index in [1.165, 1.54) is 5.56 Å². The summed E-state index contributed by atoms with van der Waals surface area (Å²) in [6.07, 6.45) is 0.854. The van der Waals surface area contributed by atoms with Crippen molar-refractivity contribution in [2.45, 2.75) is 13.3 Å². The third-order valence-electron chi connectivity index (χ3n) is 3.85. The lowest BCUT2D eigenvalue weighted by Gasteiger charge is -2.30. The number of fused-ring (bicyclic) bond motifs is 2. The van der Waals surface area contributed by atoms with E-state index < -0.39 is 0 Å². The highest BCUT2D eigenvalue weighted by Crippen LogP contribution is 2.47. The molecule has 0 spiro atoms. The number of benzene rings is 2. The number of nitrogens with zero attached hydrogens (tertiary/aromatic N) is 1. The number of hydrogen-bond donors (Lipinski definition) is 1. The maximum absolute atomic E-state index is 10.2. The van der Waals surface area contributed by atoms with Crippen LogP contribution in [-0.4, -0.2) is 5.11 Å². The van der Waals surface area contributed by atoms with Gasteiger partial charge in [0, 0.05) is 12.0 Å². The lowest BCUT2D eigenvalue weighted by Crippen LogP contribution is -2.17. The van der Waals surface area contributed by atoms with Gasteiger partial charge in [-0.2, -0.15) is 0 Å². The van der Waals surface area contributed by atoms with Gasteiger partial charge in [-0.05, 0) is 36.8 Å². The minimum atomic E-state index is 0.245. The molecule has 0 amide bonds. The van der Waals surface area contributed by atoms with Crippen LogP contribution in [0.15, 0.2) is 59.0 Å². The molecule has 4 rings (SSSR count). The van der Waals surface area contributed by atoms with Gasteiger partial charge in [0.25, 0.3) is 0 Å². The number of hydrogen-bond acceptors (Lipinski definition) is 3. The van der Waals surface area contributed by atoms with Gasteiger partial charge in [-0.25, -0.2) is 0 Å². The summed E-state index contributed by atoms with van der Waals surface area (Å²) < 4.78 is 5.90. The Hall–Kier alpha value is -2.68. The molecule has 1 aliphatic heterocycles. The van der Waals surface area contributed by atoms with Gasteiger partial charge in [0.1, 0.15) is 11.5 Å². The lowest BCUT2D eigenvalue weighted by molar-refractivity contribution is 0.474. The maximum atomic E-state index is 10.2. The van der Waals surface area contributed by atoms with Crippen LogP contribution in [0.3, 0.4) is 0 Å². The van der Waals surface area contributed by atoms with Gasteiger partial charge in [-0.3, -0.25) is 4.90 Å². The summed E-state index contributed by atoms with van der Waals surface area (Å²) in [6, 6.07) is 17.6. The highest BCUT2D eigenvalue weighted by atomic mass is 16.4. The lowest BCUT2D eigenvalue weighted by atomic mass is 9.99. The number of rotatable bonds is 1. The van der Waals surface area contributed by atoms with Crippen molar-refractivity contribution < 1.29 is 9.52 Å². The summed E-state index contributed by atoms with van der Waals surface area (Å²) in [6.45, 7) is 1.95. The van der Waals surface area contributed by atoms with E-state index in [2.05, 4.69) is 18.2 Å². The van der Waals surface area contributed by atoms with E-state index in [1.54, 1.807) is 6.07 Å². The normalized spacial score (nSPS) is 12.9. The standard InChI is InChI=1S/C18H15NO2/c1-12-10-14-11-13-6-2-3-7-15(13)19(18(14)21-12)16-8-4-5-9-17(16)20/h2-10,20H,11H2,1H3. The van der Waals surface area contributed by atoms with E-state index in [4.69, 9.17) is 4.42 Å². The first-order chi connectivity index (χ1) is 10.2. The summed E-state index contributed by atoms with van der Waals surface area (Å²) in [7, 11) is 0. The minimum absolute atomic E-state index is 0.245. The highest BCUT2D eigenvalue weighted by Gasteiger charge is 2.28. The second-order valence-electron chi connectivity index (χ2n) is 5.32. The Labute approximate surface area is 123 Å². The quantitative estimate of drug-likeness (QED) is 0.549. The number of para-hydroxylation sites is 3. The second-order valence-corrected chi connectivity index (χ2v) is 5.32. The summed E-state index contributed by atoms with van der Waals surface area (Å²) in [4.78, 5) is 2.00. The van der Waals surface area contributed by atoms with Crippen molar-refractivity contribution in [3.8, 4) is 5.75 Å². The molecule has 2 aromatic carbocycles. The molecule has 0 fully saturated rings. The third kappa shape index (κ3) is 1.82. The molecule has 1 aliphatic rings. The van der Waals surface area contributed by atoms with Crippen LogP contribution in [0.5, 0.6) is 5.75 Å². The molecular weight excluding hydrogens is 262 g/mol. The number of anilines is 3. The van der Waals surface area contributed by atoms with Crippen LogP contribution in [0.2, 0.25) is 0 Å². The molecule has 0 bridgehead atoms. The zero-order valence-electron chi connectivity index (χ0n) is 11.7. The Morgan fingerprint density at radius 1 is 0.952 bits per heavy atom. The molecule has 104 valence electrons. The predicted molar refractivity (Wildman–Crippen MR) is 82.6 cm³/mol. The van der Waals surface area contributed by atoms with E-state index in [0.29, 0.717) is 0 Å². The average Bonchev–Trinajstić information content (AvgIpc) is 2.85. The first-order valence-corrected chi connectivity index (χ1v) is 6.99. The molecule has 3 heteroatoms. The van der Waals surface area contributed by atoms with Crippen molar-refractivity contribution in [2.24, 2.45) is 0 Å². The van der Waals surface area contributed by atoms with E-state index in [0.717, 1.165) is 35.0 Å². The van der Waals surface area contributed by atoms with E-state index in [1.807, 2.05) is 42.2 Å². The fraction of sp³-hybridized carbons (Fsp3) is 0.111. The Kier molecular flexibility index (Phi) is 2.54. The number of phenolic OH excluding ortho intramolecular Hbond substituents is 1. The summed E-state index contributed by atoms with van der Waals surface area (Å²) >= 11 is 0. The zero-order chi connectivity index (χ0) is 14.4. The first kappa shape index (κ1) is 12.1. The van der Waals surface area contributed by atoms with Crippen molar-refractivity contribution in [1.29, 1.82) is 0 Å². The largest absolute Gasteiger partial charge is 0.506 e. The first-order valence-electron chi connectivity index (χ1n) is 6.99. The van der Waals surface area contributed by atoms with Crippen molar-refractivity contribution >= 4 is 17.3 Å². The van der Waals surface area contributed by atoms with Gasteiger partial charge in [0.15, 0.2) is 0 Å². The van der Waals surface area contributed by atoms with Gasteiger partial charge in [-0.1, -0.05) is 30.3 Å². The molecule has 3 nitrogen and oxygen atoms in total. The van der Waals surface area contributed by atoms with Crippen LogP contribution in [0.1, 0.15) is 16.9 Å². The molecule has 3 aromatic rings. The highest BCUT2D eigenvalue weighted by molar-refractivity contribution is 5.83. The Bertz CT molecular complexity index is 809. The Morgan fingerprint density at radius 2 is 1.67 bits per heavy atom. The van der Waals surface area contributed by atoms with Crippen LogP contribution in [-0.2, 0) is 6.42 Å². The fourth-order valence-electron chi connectivity index (χ4n) is 2.96. The van der Waals surface area contributed by atoms with Crippen molar-refractivity contribution in [2.75, 3.05) is 4.90 Å². The molecule has 0 radical (unpaired) electrons. The number of furan rings is 1. The topological polar surface area (TPSA) is 36.6 Å². The van der Waals surface area contributed by atoms with Gasteiger partial charge in [0.05, 0.1) is 11.4 Å². The summed E-state index contributed by atoms with van der Waals surface area (Å²) in [5, 5.41) is 10.2. The Balaban J connectivity index is 1.99. The molecule has 1 N–H and O–H groups in total. The molecule has 0 saturated heterocycles. The maximum Gasteiger partial charge on any atom is 0.208 e.